The predicted octanol–water partition coefficient (Wildman–Crippen LogP) is -0.159. The number of hydrogen-bond donors (Lipinski definition) is 3. The van der Waals surface area contributed by atoms with Gasteiger partial charge >= 0.3 is 5.97 Å². The van der Waals surface area contributed by atoms with Gasteiger partial charge in [-0.05, 0) is 12.5 Å². The fourth-order valence-corrected chi connectivity index (χ4v) is 0.800. The lowest BCUT2D eigenvalue weighted by atomic mass is 10.2. The number of nitrogens with one attached hydrogen (secondary N) is 2. The maximum atomic E-state index is 10.3. The molecule has 0 saturated heterocycles. The molecule has 1 atom stereocenters. The van der Waals surface area contributed by atoms with E-state index in [-0.39, 0.29) is 11.7 Å². The van der Waals surface area contributed by atoms with Crippen molar-refractivity contribution in [2.75, 3.05) is 0 Å². The van der Waals surface area contributed by atoms with E-state index in [1.165, 1.54) is 0 Å². The molecule has 0 fully saturated rings. The average molecular weight is 142 g/mol. The summed E-state index contributed by atoms with van der Waals surface area (Å²) in [5, 5.41) is 8.46. The van der Waals surface area contributed by atoms with Crippen LogP contribution in [0.2, 0.25) is 0 Å². The van der Waals surface area contributed by atoms with E-state index in [9.17, 15) is 4.79 Å². The maximum Gasteiger partial charge on any atom is 0.353 e. The smallest absolute Gasteiger partial charge is 0.353 e. The molecule has 0 aromatic heterocycles. The van der Waals surface area contributed by atoms with Crippen molar-refractivity contribution in [2.24, 2.45) is 0 Å². The SMILES string of the molecule is CCC1C=C(C(=O)O)NN1. The van der Waals surface area contributed by atoms with Crippen molar-refractivity contribution in [1.82, 2.24) is 10.9 Å². The lowest BCUT2D eigenvalue weighted by Crippen LogP contribution is -2.32. The third-order valence-corrected chi connectivity index (χ3v) is 1.43. The Morgan fingerprint density at radius 1 is 1.90 bits per heavy atom. The Bertz CT molecular complexity index is 177. The molecule has 0 spiro atoms. The Morgan fingerprint density at radius 3 is 2.90 bits per heavy atom. The molecule has 3 N–H and O–H groups in total. The molecule has 4 nitrogen and oxygen atoms in total. The molecule has 0 amide bonds. The van der Waals surface area contributed by atoms with E-state index in [2.05, 4.69) is 10.9 Å². The summed E-state index contributed by atoms with van der Waals surface area (Å²) in [6, 6.07) is 0.158. The van der Waals surface area contributed by atoms with Crippen LogP contribution in [0.1, 0.15) is 13.3 Å². The molecule has 0 bridgehead atoms. The number of aliphatic carboxylic acids is 1. The number of rotatable bonds is 2. The van der Waals surface area contributed by atoms with Gasteiger partial charge in [0.25, 0.3) is 0 Å². The first-order valence-electron chi connectivity index (χ1n) is 3.20. The number of carboxylic acid groups (broad SMARTS) is 1. The Morgan fingerprint density at radius 2 is 2.60 bits per heavy atom. The monoisotopic (exact) mass is 142 g/mol. The van der Waals surface area contributed by atoms with Crippen LogP contribution in [0.15, 0.2) is 11.8 Å². The number of hydrazine groups is 1. The van der Waals surface area contributed by atoms with Gasteiger partial charge in [0.15, 0.2) is 0 Å². The van der Waals surface area contributed by atoms with E-state index in [1.54, 1.807) is 6.08 Å². The molecule has 0 aromatic rings. The Hall–Kier alpha value is -1.03. The molecule has 0 aliphatic carbocycles. The van der Waals surface area contributed by atoms with Crippen LogP contribution in [0.5, 0.6) is 0 Å². The minimum Gasteiger partial charge on any atom is -0.477 e. The largest absolute Gasteiger partial charge is 0.477 e. The van der Waals surface area contributed by atoms with Crippen LogP contribution in [0.4, 0.5) is 0 Å². The quantitative estimate of drug-likeness (QED) is 0.501. The highest BCUT2D eigenvalue weighted by molar-refractivity contribution is 5.86. The molecule has 0 radical (unpaired) electrons. The van der Waals surface area contributed by atoms with E-state index in [0.29, 0.717) is 0 Å². The van der Waals surface area contributed by atoms with Crippen LogP contribution < -0.4 is 10.9 Å². The highest BCUT2D eigenvalue weighted by Gasteiger charge is 2.16. The molecule has 1 rings (SSSR count). The molecule has 4 heteroatoms. The van der Waals surface area contributed by atoms with E-state index < -0.39 is 5.97 Å². The van der Waals surface area contributed by atoms with Gasteiger partial charge in [-0.2, -0.15) is 0 Å². The summed E-state index contributed by atoms with van der Waals surface area (Å²) >= 11 is 0. The van der Waals surface area contributed by atoms with Crippen molar-refractivity contribution in [3.05, 3.63) is 11.8 Å². The minimum atomic E-state index is -0.913. The Kier molecular flexibility index (Phi) is 1.91. The molecular formula is C6H10N2O2. The zero-order chi connectivity index (χ0) is 7.56. The van der Waals surface area contributed by atoms with Crippen LogP contribution in [-0.4, -0.2) is 17.1 Å². The summed E-state index contributed by atoms with van der Waals surface area (Å²) in [7, 11) is 0. The van der Waals surface area contributed by atoms with Gasteiger partial charge in [0, 0.05) is 6.04 Å². The number of hydrogen-bond acceptors (Lipinski definition) is 3. The van der Waals surface area contributed by atoms with Gasteiger partial charge in [0.2, 0.25) is 0 Å². The Balaban J connectivity index is 2.57. The molecular weight excluding hydrogens is 132 g/mol. The van der Waals surface area contributed by atoms with Crippen molar-refractivity contribution in [3.63, 3.8) is 0 Å². The van der Waals surface area contributed by atoms with Crippen molar-refractivity contribution < 1.29 is 9.90 Å². The van der Waals surface area contributed by atoms with Crippen LogP contribution >= 0.6 is 0 Å². The van der Waals surface area contributed by atoms with E-state index in [0.717, 1.165) is 6.42 Å². The molecule has 1 aliphatic rings. The molecule has 1 aliphatic heterocycles. The predicted molar refractivity (Wildman–Crippen MR) is 36.1 cm³/mol. The number of carboxylic acids is 1. The van der Waals surface area contributed by atoms with Gasteiger partial charge in [0.1, 0.15) is 5.70 Å². The summed E-state index contributed by atoms with van der Waals surface area (Å²) in [4.78, 5) is 10.3. The second kappa shape index (κ2) is 2.70. The van der Waals surface area contributed by atoms with Crippen LogP contribution in [0.25, 0.3) is 0 Å². The topological polar surface area (TPSA) is 61.4 Å². The van der Waals surface area contributed by atoms with Gasteiger partial charge < -0.3 is 10.5 Å². The van der Waals surface area contributed by atoms with E-state index >= 15 is 0 Å². The summed E-state index contributed by atoms with van der Waals surface area (Å²) < 4.78 is 0. The van der Waals surface area contributed by atoms with Gasteiger partial charge in [0.05, 0.1) is 0 Å². The lowest BCUT2D eigenvalue weighted by molar-refractivity contribution is -0.133. The first-order chi connectivity index (χ1) is 4.74. The summed E-state index contributed by atoms with van der Waals surface area (Å²) in [5.74, 6) is -0.913. The first kappa shape index (κ1) is 7.08. The number of carbonyl (C=O) groups is 1. The zero-order valence-corrected chi connectivity index (χ0v) is 5.72. The fraction of sp³-hybridized carbons (Fsp3) is 0.500. The van der Waals surface area contributed by atoms with Crippen LogP contribution in [-0.2, 0) is 4.79 Å². The first-order valence-corrected chi connectivity index (χ1v) is 3.20. The van der Waals surface area contributed by atoms with Crippen molar-refractivity contribution in [3.8, 4) is 0 Å². The van der Waals surface area contributed by atoms with Crippen LogP contribution in [0.3, 0.4) is 0 Å². The molecule has 1 heterocycles. The summed E-state index contributed by atoms with van der Waals surface area (Å²) in [6.45, 7) is 1.99. The van der Waals surface area contributed by atoms with Crippen molar-refractivity contribution in [2.45, 2.75) is 19.4 Å². The lowest BCUT2D eigenvalue weighted by Gasteiger charge is -2.02. The molecule has 56 valence electrons. The molecule has 0 aromatic carbocycles. The van der Waals surface area contributed by atoms with Gasteiger partial charge in [-0.15, -0.1) is 0 Å². The second-order valence-electron chi connectivity index (χ2n) is 2.17. The third-order valence-electron chi connectivity index (χ3n) is 1.43. The molecule has 0 saturated carbocycles. The minimum absolute atomic E-state index is 0.158. The zero-order valence-electron chi connectivity index (χ0n) is 5.72. The normalized spacial score (nSPS) is 23.7. The standard InChI is InChI=1S/C6H10N2O2/c1-2-4-3-5(6(9)10)8-7-4/h3-4,7-8H,2H2,1H3,(H,9,10). The highest BCUT2D eigenvalue weighted by Crippen LogP contribution is 2.02. The van der Waals surface area contributed by atoms with Crippen molar-refractivity contribution in [1.29, 1.82) is 0 Å². The van der Waals surface area contributed by atoms with E-state index in [1.807, 2.05) is 6.92 Å². The van der Waals surface area contributed by atoms with Crippen LogP contribution in [0, 0.1) is 0 Å². The molecule has 1 unspecified atom stereocenters. The Labute approximate surface area is 58.9 Å². The summed E-state index contributed by atoms with van der Waals surface area (Å²) in [5.41, 5.74) is 5.63. The fourth-order valence-electron chi connectivity index (χ4n) is 0.800. The van der Waals surface area contributed by atoms with Gasteiger partial charge in [-0.25, -0.2) is 10.2 Å². The average Bonchev–Trinajstić information content (AvgIpc) is 2.34. The maximum absolute atomic E-state index is 10.3. The second-order valence-corrected chi connectivity index (χ2v) is 2.17. The van der Waals surface area contributed by atoms with Gasteiger partial charge in [-0.3, -0.25) is 0 Å². The summed E-state index contributed by atoms with van der Waals surface area (Å²) in [6.07, 6.45) is 2.56. The van der Waals surface area contributed by atoms with Crippen molar-refractivity contribution >= 4 is 5.97 Å². The van der Waals surface area contributed by atoms with Gasteiger partial charge in [-0.1, -0.05) is 6.92 Å². The highest BCUT2D eigenvalue weighted by atomic mass is 16.4. The van der Waals surface area contributed by atoms with E-state index in [4.69, 9.17) is 5.11 Å². The molecule has 10 heavy (non-hydrogen) atoms. The third kappa shape index (κ3) is 1.27.